The van der Waals surface area contributed by atoms with E-state index in [-0.39, 0.29) is 17.7 Å². The average molecular weight is 320 g/mol. The van der Waals surface area contributed by atoms with Crippen LogP contribution in [0.4, 0.5) is 18.9 Å². The zero-order valence-electron chi connectivity index (χ0n) is 11.1. The number of rotatable bonds is 4. The maximum Gasteiger partial charge on any atom is 0.573 e. The van der Waals surface area contributed by atoms with E-state index in [1.54, 1.807) is 11.8 Å². The topological polar surface area (TPSA) is 50.4 Å². The predicted octanol–water partition coefficient (Wildman–Crippen LogP) is 2.62. The van der Waals surface area contributed by atoms with Crippen LogP contribution in [0.3, 0.4) is 0 Å². The highest BCUT2D eigenvalue weighted by atomic mass is 32.2. The monoisotopic (exact) mass is 320 g/mol. The first kappa shape index (κ1) is 16.0. The van der Waals surface area contributed by atoms with E-state index in [4.69, 9.17) is 0 Å². The maximum atomic E-state index is 12.0. The molecule has 2 N–H and O–H groups in total. The van der Waals surface area contributed by atoms with Crippen LogP contribution in [0, 0.1) is 0 Å². The summed E-state index contributed by atoms with van der Waals surface area (Å²) in [6.07, 6.45) is -4.37. The highest BCUT2D eigenvalue weighted by Crippen LogP contribution is 2.24. The largest absolute Gasteiger partial charge is 0.573 e. The highest BCUT2D eigenvalue weighted by molar-refractivity contribution is 7.99. The Bertz CT molecular complexity index is 473. The molecule has 0 spiro atoms. The maximum absolute atomic E-state index is 12.0. The van der Waals surface area contributed by atoms with E-state index in [2.05, 4.69) is 15.4 Å². The molecule has 2 rings (SSSR count). The van der Waals surface area contributed by atoms with Crippen LogP contribution in [0.2, 0.25) is 0 Å². The molecule has 0 bridgehead atoms. The van der Waals surface area contributed by atoms with Crippen LogP contribution >= 0.6 is 11.8 Å². The number of halogens is 3. The fraction of sp³-hybridized carbons (Fsp3) is 0.462. The van der Waals surface area contributed by atoms with Gasteiger partial charge in [-0.15, -0.1) is 13.2 Å². The highest BCUT2D eigenvalue weighted by Gasteiger charge is 2.30. The summed E-state index contributed by atoms with van der Waals surface area (Å²) in [6.45, 7) is 0.881. The van der Waals surface area contributed by atoms with Gasteiger partial charge in [0, 0.05) is 36.2 Å². The lowest BCUT2D eigenvalue weighted by Gasteiger charge is -2.22. The second-order valence-electron chi connectivity index (χ2n) is 4.55. The molecule has 0 aliphatic carbocycles. The molecule has 1 fully saturated rings. The molecule has 1 heterocycles. The van der Waals surface area contributed by atoms with Gasteiger partial charge in [-0.05, 0) is 24.3 Å². The van der Waals surface area contributed by atoms with E-state index >= 15 is 0 Å². The molecule has 8 heteroatoms. The van der Waals surface area contributed by atoms with Gasteiger partial charge >= 0.3 is 6.36 Å². The third-order valence-corrected chi connectivity index (χ3v) is 3.93. The molecule has 1 amide bonds. The third kappa shape index (κ3) is 5.84. The van der Waals surface area contributed by atoms with E-state index < -0.39 is 6.36 Å². The summed E-state index contributed by atoms with van der Waals surface area (Å²) in [7, 11) is 0. The normalized spacial score (nSPS) is 19.1. The van der Waals surface area contributed by atoms with Crippen LogP contribution in [-0.4, -0.2) is 36.4 Å². The SMILES string of the molecule is O=C(CC1CSCCN1)Nc1ccc(OC(F)(F)F)cc1. The van der Waals surface area contributed by atoms with Gasteiger partial charge in [0.1, 0.15) is 5.75 Å². The first-order valence-corrected chi connectivity index (χ1v) is 7.55. The predicted molar refractivity (Wildman–Crippen MR) is 75.5 cm³/mol. The molecular weight excluding hydrogens is 305 g/mol. The molecule has 1 saturated heterocycles. The molecular formula is C13H15F3N2O2S. The zero-order chi connectivity index (χ0) is 15.3. The molecule has 1 aromatic rings. The minimum atomic E-state index is -4.71. The number of carbonyl (C=O) groups is 1. The van der Waals surface area contributed by atoms with Crippen LogP contribution in [-0.2, 0) is 4.79 Å². The second-order valence-corrected chi connectivity index (χ2v) is 5.70. The lowest BCUT2D eigenvalue weighted by molar-refractivity contribution is -0.274. The fourth-order valence-electron chi connectivity index (χ4n) is 1.93. The van der Waals surface area contributed by atoms with E-state index in [1.807, 2.05) is 0 Å². The molecule has 1 aliphatic heterocycles. The minimum absolute atomic E-state index is 0.136. The number of ether oxygens (including phenoxy) is 1. The summed E-state index contributed by atoms with van der Waals surface area (Å²) in [4.78, 5) is 11.8. The van der Waals surface area contributed by atoms with Crippen molar-refractivity contribution in [2.75, 3.05) is 23.4 Å². The average Bonchev–Trinajstić information content (AvgIpc) is 2.40. The Hall–Kier alpha value is -1.41. The number of alkyl halides is 3. The van der Waals surface area contributed by atoms with Crippen LogP contribution in [0.5, 0.6) is 5.75 Å². The Morgan fingerprint density at radius 3 is 2.67 bits per heavy atom. The molecule has 21 heavy (non-hydrogen) atoms. The van der Waals surface area contributed by atoms with Crippen molar-refractivity contribution in [3.05, 3.63) is 24.3 Å². The number of amides is 1. The Balaban J connectivity index is 1.83. The van der Waals surface area contributed by atoms with E-state index in [0.29, 0.717) is 12.1 Å². The van der Waals surface area contributed by atoms with Gasteiger partial charge in [0.15, 0.2) is 0 Å². The molecule has 0 radical (unpaired) electrons. The van der Waals surface area contributed by atoms with Crippen molar-refractivity contribution in [1.82, 2.24) is 5.32 Å². The smallest absolute Gasteiger partial charge is 0.406 e. The Labute approximate surface area is 124 Å². The van der Waals surface area contributed by atoms with Gasteiger partial charge in [-0.3, -0.25) is 4.79 Å². The first-order valence-electron chi connectivity index (χ1n) is 6.39. The lowest BCUT2D eigenvalue weighted by atomic mass is 10.2. The fourth-order valence-corrected chi connectivity index (χ4v) is 2.88. The summed E-state index contributed by atoms with van der Waals surface area (Å²) in [5.74, 6) is 1.44. The molecule has 116 valence electrons. The molecule has 0 aromatic heterocycles. The van der Waals surface area contributed by atoms with E-state index in [0.717, 1.165) is 30.2 Å². The van der Waals surface area contributed by atoms with E-state index in [1.165, 1.54) is 12.1 Å². The summed E-state index contributed by atoms with van der Waals surface area (Å²) in [5, 5.41) is 5.90. The number of thioether (sulfide) groups is 1. The second kappa shape index (κ2) is 7.04. The summed E-state index contributed by atoms with van der Waals surface area (Å²) in [5.41, 5.74) is 0.443. The molecule has 0 saturated carbocycles. The molecule has 1 aliphatic rings. The van der Waals surface area contributed by atoms with Crippen molar-refractivity contribution >= 4 is 23.4 Å². The Morgan fingerprint density at radius 2 is 2.10 bits per heavy atom. The van der Waals surface area contributed by atoms with Crippen LogP contribution in [0.1, 0.15) is 6.42 Å². The Morgan fingerprint density at radius 1 is 1.38 bits per heavy atom. The van der Waals surface area contributed by atoms with Crippen molar-refractivity contribution in [3.8, 4) is 5.75 Å². The van der Waals surface area contributed by atoms with Crippen LogP contribution in [0.25, 0.3) is 0 Å². The quantitative estimate of drug-likeness (QED) is 0.895. The third-order valence-electron chi connectivity index (χ3n) is 2.80. The van der Waals surface area contributed by atoms with Crippen LogP contribution in [0.15, 0.2) is 24.3 Å². The van der Waals surface area contributed by atoms with Crippen molar-refractivity contribution in [2.24, 2.45) is 0 Å². The number of hydrogen-bond donors (Lipinski definition) is 2. The lowest BCUT2D eigenvalue weighted by Crippen LogP contribution is -2.39. The van der Waals surface area contributed by atoms with Crippen molar-refractivity contribution in [3.63, 3.8) is 0 Å². The van der Waals surface area contributed by atoms with Gasteiger partial charge < -0.3 is 15.4 Å². The van der Waals surface area contributed by atoms with Gasteiger partial charge in [-0.1, -0.05) is 0 Å². The first-order chi connectivity index (χ1) is 9.92. The summed E-state index contributed by atoms with van der Waals surface area (Å²) >= 11 is 1.79. The van der Waals surface area contributed by atoms with Gasteiger partial charge in [0.05, 0.1) is 0 Å². The van der Waals surface area contributed by atoms with Gasteiger partial charge in [-0.25, -0.2) is 0 Å². The zero-order valence-corrected chi connectivity index (χ0v) is 11.9. The number of anilines is 1. The molecule has 1 unspecified atom stereocenters. The Kier molecular flexibility index (Phi) is 5.35. The number of carbonyl (C=O) groups excluding carboxylic acids is 1. The van der Waals surface area contributed by atoms with Gasteiger partial charge in [-0.2, -0.15) is 11.8 Å². The number of nitrogens with one attached hydrogen (secondary N) is 2. The van der Waals surface area contributed by atoms with Crippen molar-refractivity contribution < 1.29 is 22.7 Å². The number of benzene rings is 1. The molecule has 4 nitrogen and oxygen atoms in total. The minimum Gasteiger partial charge on any atom is -0.406 e. The summed E-state index contributed by atoms with van der Waals surface area (Å²) < 4.78 is 39.8. The van der Waals surface area contributed by atoms with Gasteiger partial charge in [0.25, 0.3) is 0 Å². The van der Waals surface area contributed by atoms with Gasteiger partial charge in [0.2, 0.25) is 5.91 Å². The standard InChI is InChI=1S/C13H15F3N2O2S/c14-13(15,16)20-11-3-1-9(2-4-11)18-12(19)7-10-8-21-6-5-17-10/h1-4,10,17H,5-8H2,(H,18,19). The molecule has 1 atom stereocenters. The van der Waals surface area contributed by atoms with E-state index in [9.17, 15) is 18.0 Å². The van der Waals surface area contributed by atoms with Crippen LogP contribution < -0.4 is 15.4 Å². The van der Waals surface area contributed by atoms with Crippen molar-refractivity contribution in [1.29, 1.82) is 0 Å². The van der Waals surface area contributed by atoms with Crippen molar-refractivity contribution in [2.45, 2.75) is 18.8 Å². The number of hydrogen-bond acceptors (Lipinski definition) is 4. The summed E-state index contributed by atoms with van der Waals surface area (Å²) in [6, 6.07) is 5.22. The molecule has 1 aromatic carbocycles.